The Hall–Kier alpha value is -0.940. The van der Waals surface area contributed by atoms with E-state index in [0.717, 1.165) is 12.0 Å². The number of thiophene rings is 1. The second-order valence-electron chi connectivity index (χ2n) is 3.68. The van der Waals surface area contributed by atoms with E-state index in [1.165, 1.54) is 10.9 Å². The fourth-order valence-corrected chi connectivity index (χ4v) is 2.57. The van der Waals surface area contributed by atoms with Crippen LogP contribution >= 0.6 is 22.9 Å². The molecule has 1 aromatic carbocycles. The molecule has 5 heteroatoms. The van der Waals surface area contributed by atoms with Crippen LogP contribution in [0, 0.1) is 5.82 Å². The Morgan fingerprint density at radius 2 is 2.24 bits per heavy atom. The minimum Gasteiger partial charge on any atom is -0.271 e. The predicted molar refractivity (Wildman–Crippen MR) is 69.5 cm³/mol. The van der Waals surface area contributed by atoms with Crippen LogP contribution in [-0.4, -0.2) is 0 Å². The van der Waals surface area contributed by atoms with Crippen LogP contribution in [0.2, 0.25) is 5.02 Å². The van der Waals surface area contributed by atoms with Crippen molar-refractivity contribution in [3.05, 3.63) is 57.0 Å². The van der Waals surface area contributed by atoms with Crippen molar-refractivity contribution in [3.63, 3.8) is 0 Å². The van der Waals surface area contributed by atoms with Gasteiger partial charge >= 0.3 is 0 Å². The summed E-state index contributed by atoms with van der Waals surface area (Å²) in [6, 6.07) is 8.63. The van der Waals surface area contributed by atoms with E-state index in [1.54, 1.807) is 23.5 Å². The van der Waals surface area contributed by atoms with Crippen LogP contribution in [0.3, 0.4) is 0 Å². The van der Waals surface area contributed by atoms with Crippen molar-refractivity contribution in [3.8, 4) is 0 Å². The molecule has 2 nitrogen and oxygen atoms in total. The number of nitrogens with two attached hydrogens (primary N) is 1. The molecule has 2 aromatic rings. The van der Waals surface area contributed by atoms with Crippen LogP contribution in [-0.2, 0) is 6.42 Å². The Labute approximate surface area is 108 Å². The third kappa shape index (κ3) is 3.04. The van der Waals surface area contributed by atoms with Gasteiger partial charge in [0.2, 0.25) is 0 Å². The van der Waals surface area contributed by atoms with Gasteiger partial charge in [0.15, 0.2) is 0 Å². The van der Waals surface area contributed by atoms with Gasteiger partial charge in [-0.2, -0.15) is 0 Å². The number of hydrogen-bond donors (Lipinski definition) is 2. The summed E-state index contributed by atoms with van der Waals surface area (Å²) in [5.41, 5.74) is 3.61. The number of nitrogens with one attached hydrogen (secondary N) is 1. The molecule has 0 radical (unpaired) electrons. The number of benzene rings is 1. The van der Waals surface area contributed by atoms with E-state index in [2.05, 4.69) is 5.43 Å². The van der Waals surface area contributed by atoms with E-state index < -0.39 is 5.82 Å². The first kappa shape index (κ1) is 12.5. The van der Waals surface area contributed by atoms with Crippen molar-refractivity contribution in [2.24, 2.45) is 5.84 Å². The van der Waals surface area contributed by atoms with Crippen LogP contribution in [0.25, 0.3) is 0 Å². The van der Waals surface area contributed by atoms with E-state index in [-0.39, 0.29) is 11.1 Å². The molecule has 2 rings (SSSR count). The predicted octanol–water partition coefficient (Wildman–Crippen LogP) is 3.29. The summed E-state index contributed by atoms with van der Waals surface area (Å²) in [7, 11) is 0. The lowest BCUT2D eigenvalue weighted by atomic mass is 10.0. The van der Waals surface area contributed by atoms with Gasteiger partial charge in [0.1, 0.15) is 5.82 Å². The molecule has 1 atom stereocenters. The zero-order valence-electron chi connectivity index (χ0n) is 8.99. The smallest absolute Gasteiger partial charge is 0.141 e. The third-order valence-electron chi connectivity index (χ3n) is 2.53. The second-order valence-corrected chi connectivity index (χ2v) is 5.12. The highest BCUT2D eigenvalue weighted by Gasteiger charge is 2.12. The van der Waals surface area contributed by atoms with Crippen molar-refractivity contribution < 1.29 is 4.39 Å². The highest BCUT2D eigenvalue weighted by Crippen LogP contribution is 2.24. The fraction of sp³-hybridized carbons (Fsp3) is 0.167. The maximum Gasteiger partial charge on any atom is 0.141 e. The first-order valence-electron chi connectivity index (χ1n) is 5.14. The lowest BCUT2D eigenvalue weighted by molar-refractivity contribution is 0.553. The van der Waals surface area contributed by atoms with Gasteiger partial charge in [-0.25, -0.2) is 4.39 Å². The molecule has 3 N–H and O–H groups in total. The maximum absolute atomic E-state index is 13.1. The number of hydrazine groups is 1. The van der Waals surface area contributed by atoms with E-state index in [9.17, 15) is 4.39 Å². The van der Waals surface area contributed by atoms with Crippen molar-refractivity contribution in [2.75, 3.05) is 0 Å². The molecule has 0 fully saturated rings. The van der Waals surface area contributed by atoms with Gasteiger partial charge in [-0.1, -0.05) is 23.7 Å². The van der Waals surface area contributed by atoms with E-state index in [4.69, 9.17) is 17.4 Å². The molecule has 0 aliphatic heterocycles. The monoisotopic (exact) mass is 270 g/mol. The molecule has 0 amide bonds. The Bertz CT molecular complexity index is 487. The summed E-state index contributed by atoms with van der Waals surface area (Å²) in [5.74, 6) is 5.11. The Kier molecular flexibility index (Phi) is 4.12. The van der Waals surface area contributed by atoms with E-state index >= 15 is 0 Å². The molecular formula is C12H12ClFN2S. The minimum atomic E-state index is -0.415. The van der Waals surface area contributed by atoms with Crippen molar-refractivity contribution >= 4 is 22.9 Å². The average Bonchev–Trinajstić information content (AvgIpc) is 2.82. The SMILES string of the molecule is NNC(Cc1cccs1)c1ccc(F)c(Cl)c1. The van der Waals surface area contributed by atoms with Crippen molar-refractivity contribution in [2.45, 2.75) is 12.5 Å². The lowest BCUT2D eigenvalue weighted by Crippen LogP contribution is -2.29. The minimum absolute atomic E-state index is 0.0632. The maximum atomic E-state index is 13.1. The van der Waals surface area contributed by atoms with Crippen molar-refractivity contribution in [1.82, 2.24) is 5.43 Å². The molecule has 0 aliphatic rings. The molecule has 0 aliphatic carbocycles. The summed E-state index contributed by atoms with van der Waals surface area (Å²) in [6.45, 7) is 0. The lowest BCUT2D eigenvalue weighted by Gasteiger charge is -2.15. The number of hydrogen-bond acceptors (Lipinski definition) is 3. The first-order chi connectivity index (χ1) is 8.20. The normalized spacial score (nSPS) is 12.6. The van der Waals surface area contributed by atoms with Gasteiger partial charge in [0.25, 0.3) is 0 Å². The van der Waals surface area contributed by atoms with Crippen LogP contribution in [0.1, 0.15) is 16.5 Å². The van der Waals surface area contributed by atoms with Gasteiger partial charge in [-0.3, -0.25) is 11.3 Å². The quantitative estimate of drug-likeness (QED) is 0.661. The molecule has 17 heavy (non-hydrogen) atoms. The summed E-state index contributed by atoms with van der Waals surface area (Å²) in [5, 5.41) is 2.13. The molecule has 1 unspecified atom stereocenters. The van der Waals surface area contributed by atoms with Crippen LogP contribution in [0.4, 0.5) is 4.39 Å². The van der Waals surface area contributed by atoms with Gasteiger partial charge in [-0.05, 0) is 29.1 Å². The molecule has 90 valence electrons. The summed E-state index contributed by atoms with van der Waals surface area (Å²) in [6.07, 6.45) is 0.760. The Morgan fingerprint density at radius 1 is 1.41 bits per heavy atom. The first-order valence-corrected chi connectivity index (χ1v) is 6.40. The summed E-state index contributed by atoms with van der Waals surface area (Å²) >= 11 is 7.42. The van der Waals surface area contributed by atoms with Crippen molar-refractivity contribution in [1.29, 1.82) is 0 Å². The zero-order valence-corrected chi connectivity index (χ0v) is 10.6. The van der Waals surface area contributed by atoms with E-state index in [1.807, 2.05) is 17.5 Å². The van der Waals surface area contributed by atoms with Gasteiger partial charge in [0, 0.05) is 11.3 Å². The summed E-state index contributed by atoms with van der Waals surface area (Å²) < 4.78 is 13.1. The molecule has 0 saturated heterocycles. The fourth-order valence-electron chi connectivity index (χ4n) is 1.63. The largest absolute Gasteiger partial charge is 0.271 e. The molecule has 0 bridgehead atoms. The van der Waals surface area contributed by atoms with Crippen LogP contribution in [0.5, 0.6) is 0 Å². The highest BCUT2D eigenvalue weighted by molar-refractivity contribution is 7.09. The molecule has 1 aromatic heterocycles. The average molecular weight is 271 g/mol. The zero-order chi connectivity index (χ0) is 12.3. The molecule has 0 spiro atoms. The van der Waals surface area contributed by atoms with E-state index in [0.29, 0.717) is 0 Å². The second kappa shape index (κ2) is 5.60. The highest BCUT2D eigenvalue weighted by atomic mass is 35.5. The topological polar surface area (TPSA) is 38.0 Å². The van der Waals surface area contributed by atoms with Crippen LogP contribution in [0.15, 0.2) is 35.7 Å². The Morgan fingerprint density at radius 3 is 2.82 bits per heavy atom. The standard InChI is InChI=1S/C12H12ClFN2S/c13-10-6-8(3-4-11(10)14)12(16-15)7-9-2-1-5-17-9/h1-6,12,16H,7,15H2. The van der Waals surface area contributed by atoms with Gasteiger partial charge in [0.05, 0.1) is 11.1 Å². The summed E-state index contributed by atoms with van der Waals surface area (Å²) in [4.78, 5) is 1.22. The third-order valence-corrected chi connectivity index (χ3v) is 3.72. The molecule has 0 saturated carbocycles. The molecular weight excluding hydrogens is 259 g/mol. The Balaban J connectivity index is 2.20. The number of rotatable bonds is 4. The number of halogens is 2. The van der Waals surface area contributed by atoms with Crippen LogP contribution < -0.4 is 11.3 Å². The van der Waals surface area contributed by atoms with Gasteiger partial charge < -0.3 is 0 Å². The molecule has 1 heterocycles. The van der Waals surface area contributed by atoms with Gasteiger partial charge in [-0.15, -0.1) is 11.3 Å².